The number of nitrogens with zero attached hydrogens (tertiary/aromatic N) is 2. The van der Waals surface area contributed by atoms with Crippen molar-refractivity contribution >= 4 is 17.3 Å². The third-order valence-corrected chi connectivity index (χ3v) is 6.09. The van der Waals surface area contributed by atoms with E-state index >= 15 is 0 Å². The van der Waals surface area contributed by atoms with E-state index in [0.29, 0.717) is 6.54 Å². The number of carbonyl (C=O) groups excluding carboxylic acids is 1. The van der Waals surface area contributed by atoms with Crippen molar-refractivity contribution in [3.8, 4) is 0 Å². The van der Waals surface area contributed by atoms with Crippen molar-refractivity contribution in [3.05, 3.63) is 131 Å². The maximum atomic E-state index is 13.9. The molecule has 1 aliphatic rings. The first-order valence-electron chi connectivity index (χ1n) is 11.0. The molecule has 1 amide bonds. The minimum absolute atomic E-state index is 0.0272. The zero-order valence-corrected chi connectivity index (χ0v) is 18.4. The van der Waals surface area contributed by atoms with Crippen molar-refractivity contribution in [2.75, 3.05) is 9.80 Å². The first kappa shape index (κ1) is 20.1. The first-order chi connectivity index (χ1) is 15.6. The van der Waals surface area contributed by atoms with Crippen molar-refractivity contribution in [3.63, 3.8) is 0 Å². The van der Waals surface area contributed by atoms with E-state index in [4.69, 9.17) is 0 Å². The van der Waals surface area contributed by atoms with Crippen molar-refractivity contribution in [2.24, 2.45) is 0 Å². The van der Waals surface area contributed by atoms with E-state index in [1.165, 1.54) is 16.7 Å². The lowest BCUT2D eigenvalue weighted by Crippen LogP contribution is -2.49. The maximum absolute atomic E-state index is 13.9. The van der Waals surface area contributed by atoms with E-state index in [-0.39, 0.29) is 12.1 Å². The molecule has 3 heteroatoms. The molecule has 32 heavy (non-hydrogen) atoms. The molecular formula is C29H26N2O. The van der Waals surface area contributed by atoms with Crippen LogP contribution >= 0.6 is 0 Å². The van der Waals surface area contributed by atoms with Gasteiger partial charge in [0.15, 0.2) is 0 Å². The number of anilines is 2. The average molecular weight is 419 g/mol. The number of aryl methyl sites for hydroxylation is 2. The number of rotatable bonds is 4. The number of benzene rings is 4. The highest BCUT2D eigenvalue weighted by molar-refractivity contribution is 6.12. The Kier molecular flexibility index (Phi) is 5.24. The summed E-state index contributed by atoms with van der Waals surface area (Å²) in [4.78, 5) is 18.1. The highest BCUT2D eigenvalue weighted by Crippen LogP contribution is 2.42. The molecule has 0 aromatic heterocycles. The fraction of sp³-hybridized carbons (Fsp3) is 0.138. The Hall–Kier alpha value is -3.85. The predicted octanol–water partition coefficient (Wildman–Crippen LogP) is 6.67. The van der Waals surface area contributed by atoms with E-state index in [0.717, 1.165) is 22.5 Å². The monoisotopic (exact) mass is 418 g/mol. The Labute approximate surface area is 189 Å². The molecular weight excluding hydrogens is 392 g/mol. The van der Waals surface area contributed by atoms with Gasteiger partial charge in [-0.1, -0.05) is 90.0 Å². The standard InChI is InChI=1S/C29H26N2O/c1-21-12-16-24(17-13-21)28-30(20-23-8-4-3-5-9-23)27-11-7-6-10-26(27)29(32)31(28)25-18-14-22(2)15-19-25/h3-19,28H,20H2,1-2H3/t28-/m0/s1. The highest BCUT2D eigenvalue weighted by atomic mass is 16.2. The summed E-state index contributed by atoms with van der Waals surface area (Å²) in [6, 6.07) is 35.1. The normalized spacial score (nSPS) is 15.6. The van der Waals surface area contributed by atoms with Crippen LogP contribution in [0.2, 0.25) is 0 Å². The summed E-state index contributed by atoms with van der Waals surface area (Å²) in [5, 5.41) is 0. The highest BCUT2D eigenvalue weighted by Gasteiger charge is 2.39. The third-order valence-electron chi connectivity index (χ3n) is 6.09. The van der Waals surface area contributed by atoms with Crippen LogP contribution in [0.15, 0.2) is 103 Å². The third kappa shape index (κ3) is 3.67. The Morgan fingerprint density at radius 2 is 1.28 bits per heavy atom. The summed E-state index contributed by atoms with van der Waals surface area (Å²) < 4.78 is 0. The maximum Gasteiger partial charge on any atom is 0.262 e. The Morgan fingerprint density at radius 1 is 0.688 bits per heavy atom. The molecule has 0 aliphatic carbocycles. The second-order valence-electron chi connectivity index (χ2n) is 8.43. The summed E-state index contributed by atoms with van der Waals surface area (Å²) in [6.07, 6.45) is -0.249. The molecule has 4 aromatic rings. The molecule has 1 aliphatic heterocycles. The molecule has 1 atom stereocenters. The predicted molar refractivity (Wildman–Crippen MR) is 131 cm³/mol. The minimum atomic E-state index is -0.249. The lowest BCUT2D eigenvalue weighted by molar-refractivity contribution is 0.0968. The number of para-hydroxylation sites is 1. The van der Waals surface area contributed by atoms with Crippen LogP contribution < -0.4 is 9.80 Å². The quantitative estimate of drug-likeness (QED) is 0.369. The van der Waals surface area contributed by atoms with Crippen LogP contribution in [0.1, 0.15) is 38.8 Å². The summed E-state index contributed by atoms with van der Waals surface area (Å²) >= 11 is 0. The van der Waals surface area contributed by atoms with Crippen LogP contribution in [0.5, 0.6) is 0 Å². The molecule has 0 unspecified atom stereocenters. The summed E-state index contributed by atoms with van der Waals surface area (Å²) in [7, 11) is 0. The van der Waals surface area contributed by atoms with Crippen molar-refractivity contribution in [1.29, 1.82) is 0 Å². The fourth-order valence-corrected chi connectivity index (χ4v) is 4.40. The Balaban J connectivity index is 1.72. The fourth-order valence-electron chi connectivity index (χ4n) is 4.40. The SMILES string of the molecule is Cc1ccc([C@H]2N(Cc3ccccc3)c3ccccc3C(=O)N2c2ccc(C)cc2)cc1. The van der Waals surface area contributed by atoms with Gasteiger partial charge in [-0.25, -0.2) is 0 Å². The van der Waals surface area contributed by atoms with Gasteiger partial charge < -0.3 is 4.90 Å². The molecule has 0 saturated carbocycles. The van der Waals surface area contributed by atoms with Gasteiger partial charge in [0.2, 0.25) is 0 Å². The van der Waals surface area contributed by atoms with Gasteiger partial charge in [0.25, 0.3) is 5.91 Å². The van der Waals surface area contributed by atoms with Crippen molar-refractivity contribution in [1.82, 2.24) is 0 Å². The van der Waals surface area contributed by atoms with E-state index in [2.05, 4.69) is 85.5 Å². The molecule has 4 aromatic carbocycles. The van der Waals surface area contributed by atoms with Gasteiger partial charge in [0.1, 0.15) is 6.17 Å². The van der Waals surface area contributed by atoms with Gasteiger partial charge in [0.05, 0.1) is 11.3 Å². The molecule has 0 bridgehead atoms. The van der Waals surface area contributed by atoms with Gasteiger partial charge in [-0.05, 0) is 49.2 Å². The zero-order valence-electron chi connectivity index (χ0n) is 18.4. The number of fused-ring (bicyclic) bond motifs is 1. The van der Waals surface area contributed by atoms with Crippen LogP contribution in [0.25, 0.3) is 0 Å². The van der Waals surface area contributed by atoms with Gasteiger partial charge >= 0.3 is 0 Å². The van der Waals surface area contributed by atoms with E-state index < -0.39 is 0 Å². The molecule has 0 radical (unpaired) electrons. The second kappa shape index (κ2) is 8.35. The van der Waals surface area contributed by atoms with E-state index in [9.17, 15) is 4.79 Å². The van der Waals surface area contributed by atoms with Crippen LogP contribution in [0.4, 0.5) is 11.4 Å². The number of hydrogen-bond donors (Lipinski definition) is 0. The van der Waals surface area contributed by atoms with Crippen molar-refractivity contribution in [2.45, 2.75) is 26.6 Å². The second-order valence-corrected chi connectivity index (χ2v) is 8.43. The minimum Gasteiger partial charge on any atom is -0.342 e. The molecule has 3 nitrogen and oxygen atoms in total. The van der Waals surface area contributed by atoms with Crippen LogP contribution in [-0.2, 0) is 6.54 Å². The zero-order chi connectivity index (χ0) is 22.1. The van der Waals surface area contributed by atoms with Gasteiger partial charge in [-0.2, -0.15) is 0 Å². The number of amides is 1. The van der Waals surface area contributed by atoms with Gasteiger partial charge in [0, 0.05) is 12.2 Å². The van der Waals surface area contributed by atoms with E-state index in [1.54, 1.807) is 0 Å². The smallest absolute Gasteiger partial charge is 0.262 e. The van der Waals surface area contributed by atoms with Gasteiger partial charge in [-0.15, -0.1) is 0 Å². The number of hydrogen-bond acceptors (Lipinski definition) is 2. The van der Waals surface area contributed by atoms with Crippen LogP contribution in [0.3, 0.4) is 0 Å². The number of carbonyl (C=O) groups is 1. The summed E-state index contributed by atoms with van der Waals surface area (Å²) in [5.41, 5.74) is 7.27. The summed E-state index contributed by atoms with van der Waals surface area (Å²) in [6.45, 7) is 4.85. The molecule has 158 valence electrons. The topological polar surface area (TPSA) is 23.6 Å². The van der Waals surface area contributed by atoms with E-state index in [1.807, 2.05) is 41.3 Å². The van der Waals surface area contributed by atoms with Crippen molar-refractivity contribution < 1.29 is 4.79 Å². The molecule has 0 spiro atoms. The lowest BCUT2D eigenvalue weighted by Gasteiger charge is -2.46. The largest absolute Gasteiger partial charge is 0.342 e. The molecule has 5 rings (SSSR count). The molecule has 0 N–H and O–H groups in total. The molecule has 0 fully saturated rings. The Morgan fingerprint density at radius 3 is 1.97 bits per heavy atom. The van der Waals surface area contributed by atoms with Gasteiger partial charge in [-0.3, -0.25) is 9.69 Å². The molecule has 0 saturated heterocycles. The summed E-state index contributed by atoms with van der Waals surface area (Å²) in [5.74, 6) is 0.0272. The Bertz CT molecular complexity index is 1230. The first-order valence-corrected chi connectivity index (χ1v) is 11.0. The lowest BCUT2D eigenvalue weighted by atomic mass is 9.98. The molecule has 1 heterocycles. The van der Waals surface area contributed by atoms with Crippen LogP contribution in [0, 0.1) is 13.8 Å². The van der Waals surface area contributed by atoms with Crippen LogP contribution in [-0.4, -0.2) is 5.91 Å². The average Bonchev–Trinajstić information content (AvgIpc) is 2.83.